The van der Waals surface area contributed by atoms with E-state index in [4.69, 9.17) is 5.41 Å². The SMILES string of the molecule is N=C1C=Cc2[nH]ccc21. The molecule has 0 spiro atoms. The topological polar surface area (TPSA) is 39.6 Å². The van der Waals surface area contributed by atoms with Crippen molar-refractivity contribution in [2.24, 2.45) is 0 Å². The molecule has 2 nitrogen and oxygen atoms in total. The third-order valence-electron chi connectivity index (χ3n) is 1.49. The highest BCUT2D eigenvalue weighted by atomic mass is 14.7. The molecule has 0 bridgehead atoms. The van der Waals surface area contributed by atoms with Crippen LogP contribution in [0.5, 0.6) is 0 Å². The van der Waals surface area contributed by atoms with Crippen molar-refractivity contribution in [1.29, 1.82) is 5.41 Å². The summed E-state index contributed by atoms with van der Waals surface area (Å²) in [5.41, 5.74) is 2.67. The van der Waals surface area contributed by atoms with Crippen LogP contribution in [-0.2, 0) is 0 Å². The summed E-state index contributed by atoms with van der Waals surface area (Å²) in [7, 11) is 0. The van der Waals surface area contributed by atoms with Crippen LogP contribution in [-0.4, -0.2) is 10.7 Å². The van der Waals surface area contributed by atoms with Gasteiger partial charge in [-0.15, -0.1) is 0 Å². The number of nitrogens with one attached hydrogen (secondary N) is 2. The van der Waals surface area contributed by atoms with Crippen molar-refractivity contribution in [3.8, 4) is 0 Å². The first kappa shape index (κ1) is 4.56. The Labute approximate surface area is 52.7 Å². The third kappa shape index (κ3) is 0.470. The van der Waals surface area contributed by atoms with Gasteiger partial charge in [0.1, 0.15) is 0 Å². The summed E-state index contributed by atoms with van der Waals surface area (Å²) < 4.78 is 0. The van der Waals surface area contributed by atoms with Crippen LogP contribution < -0.4 is 0 Å². The Hall–Kier alpha value is -1.31. The maximum atomic E-state index is 7.34. The second-order valence-electron chi connectivity index (χ2n) is 2.05. The van der Waals surface area contributed by atoms with Gasteiger partial charge >= 0.3 is 0 Å². The highest BCUT2D eigenvalue weighted by Gasteiger charge is 2.09. The summed E-state index contributed by atoms with van der Waals surface area (Å²) in [5.74, 6) is 0. The molecule has 9 heavy (non-hydrogen) atoms. The standard InChI is InChI=1S/C7H6N2/c8-6-1-2-7-5(6)3-4-9-7/h1-4,8-9H. The zero-order valence-electron chi connectivity index (χ0n) is 4.81. The zero-order chi connectivity index (χ0) is 6.27. The molecule has 1 aliphatic rings. The molecule has 1 heterocycles. The van der Waals surface area contributed by atoms with E-state index in [0.717, 1.165) is 11.3 Å². The van der Waals surface area contributed by atoms with Crippen LogP contribution in [0.3, 0.4) is 0 Å². The molecule has 0 fully saturated rings. The predicted octanol–water partition coefficient (Wildman–Crippen LogP) is 1.41. The highest BCUT2D eigenvalue weighted by molar-refractivity contribution is 6.14. The highest BCUT2D eigenvalue weighted by Crippen LogP contribution is 2.16. The fourth-order valence-corrected chi connectivity index (χ4v) is 1.01. The van der Waals surface area contributed by atoms with Crippen molar-refractivity contribution < 1.29 is 0 Å². The molecule has 0 aromatic carbocycles. The van der Waals surface area contributed by atoms with Crippen LogP contribution in [0, 0.1) is 5.41 Å². The van der Waals surface area contributed by atoms with E-state index in [-0.39, 0.29) is 0 Å². The normalized spacial score (nSPS) is 14.4. The molecule has 0 saturated heterocycles. The smallest absolute Gasteiger partial charge is 0.0634 e. The van der Waals surface area contributed by atoms with E-state index in [1.807, 2.05) is 18.3 Å². The molecule has 2 heteroatoms. The molecule has 1 aromatic heterocycles. The van der Waals surface area contributed by atoms with Gasteiger partial charge in [-0.3, -0.25) is 0 Å². The van der Waals surface area contributed by atoms with Crippen LogP contribution in [0.25, 0.3) is 6.08 Å². The van der Waals surface area contributed by atoms with Crippen molar-refractivity contribution in [3.63, 3.8) is 0 Å². The fourth-order valence-electron chi connectivity index (χ4n) is 1.01. The lowest BCUT2D eigenvalue weighted by atomic mass is 10.2. The van der Waals surface area contributed by atoms with Gasteiger partial charge < -0.3 is 10.4 Å². The molecule has 0 atom stereocenters. The lowest BCUT2D eigenvalue weighted by molar-refractivity contribution is 1.38. The largest absolute Gasteiger partial charge is 0.361 e. The number of hydrogen-bond acceptors (Lipinski definition) is 1. The summed E-state index contributed by atoms with van der Waals surface area (Å²) >= 11 is 0. The average molecular weight is 118 g/mol. The Balaban J connectivity index is 2.73. The van der Waals surface area contributed by atoms with E-state index in [9.17, 15) is 0 Å². The van der Waals surface area contributed by atoms with Crippen molar-refractivity contribution in [2.75, 3.05) is 0 Å². The van der Waals surface area contributed by atoms with Crippen LogP contribution >= 0.6 is 0 Å². The van der Waals surface area contributed by atoms with Gasteiger partial charge in [-0.25, -0.2) is 0 Å². The molecule has 0 saturated carbocycles. The van der Waals surface area contributed by atoms with E-state index >= 15 is 0 Å². The van der Waals surface area contributed by atoms with Crippen molar-refractivity contribution in [3.05, 3.63) is 29.6 Å². The summed E-state index contributed by atoms with van der Waals surface area (Å²) in [6.07, 6.45) is 5.56. The van der Waals surface area contributed by atoms with E-state index in [1.165, 1.54) is 0 Å². The Morgan fingerprint density at radius 1 is 1.33 bits per heavy atom. The number of rotatable bonds is 0. The summed E-state index contributed by atoms with van der Waals surface area (Å²) in [4.78, 5) is 3.02. The van der Waals surface area contributed by atoms with Gasteiger partial charge in [0.25, 0.3) is 0 Å². The molecule has 0 amide bonds. The van der Waals surface area contributed by atoms with E-state index in [1.54, 1.807) is 6.08 Å². The van der Waals surface area contributed by atoms with Crippen molar-refractivity contribution in [2.45, 2.75) is 0 Å². The van der Waals surface area contributed by atoms with Gasteiger partial charge in [0, 0.05) is 17.5 Å². The summed E-state index contributed by atoms with van der Waals surface area (Å²) in [5, 5.41) is 7.34. The second-order valence-corrected chi connectivity index (χ2v) is 2.05. The third-order valence-corrected chi connectivity index (χ3v) is 1.49. The molecule has 1 aliphatic carbocycles. The number of allylic oxidation sites excluding steroid dienone is 1. The Kier molecular flexibility index (Phi) is 0.681. The number of aromatic nitrogens is 1. The van der Waals surface area contributed by atoms with Crippen LogP contribution in [0.1, 0.15) is 11.3 Å². The van der Waals surface area contributed by atoms with Gasteiger partial charge in [-0.1, -0.05) is 0 Å². The van der Waals surface area contributed by atoms with Crippen LogP contribution in [0.2, 0.25) is 0 Å². The average Bonchev–Trinajstić information content (AvgIpc) is 2.35. The van der Waals surface area contributed by atoms with E-state index < -0.39 is 0 Å². The maximum absolute atomic E-state index is 7.34. The molecular weight excluding hydrogens is 112 g/mol. The minimum absolute atomic E-state index is 0.603. The molecule has 1 aromatic rings. The fraction of sp³-hybridized carbons (Fsp3) is 0. The first-order valence-corrected chi connectivity index (χ1v) is 2.82. The van der Waals surface area contributed by atoms with Gasteiger partial charge in [-0.05, 0) is 18.2 Å². The first-order chi connectivity index (χ1) is 4.38. The lowest BCUT2D eigenvalue weighted by Crippen LogP contribution is -1.85. The van der Waals surface area contributed by atoms with Gasteiger partial charge in [0.2, 0.25) is 0 Å². The predicted molar refractivity (Wildman–Crippen MR) is 36.7 cm³/mol. The number of aromatic amines is 1. The molecule has 0 radical (unpaired) electrons. The molecule has 44 valence electrons. The maximum Gasteiger partial charge on any atom is 0.0634 e. The molecule has 2 rings (SSSR count). The zero-order valence-corrected chi connectivity index (χ0v) is 4.81. The lowest BCUT2D eigenvalue weighted by Gasteiger charge is -1.84. The van der Waals surface area contributed by atoms with Gasteiger partial charge in [-0.2, -0.15) is 0 Å². The number of fused-ring (bicyclic) bond motifs is 1. The van der Waals surface area contributed by atoms with Crippen molar-refractivity contribution in [1.82, 2.24) is 4.98 Å². The molecule has 0 aliphatic heterocycles. The van der Waals surface area contributed by atoms with E-state index in [0.29, 0.717) is 5.71 Å². The number of H-pyrrole nitrogens is 1. The molecule has 2 N–H and O–H groups in total. The van der Waals surface area contributed by atoms with Crippen LogP contribution in [0.4, 0.5) is 0 Å². The van der Waals surface area contributed by atoms with Gasteiger partial charge in [0.05, 0.1) is 5.71 Å². The second kappa shape index (κ2) is 1.35. The van der Waals surface area contributed by atoms with E-state index in [2.05, 4.69) is 4.98 Å². The first-order valence-electron chi connectivity index (χ1n) is 2.82. The quantitative estimate of drug-likeness (QED) is 0.517. The monoisotopic (exact) mass is 118 g/mol. The minimum Gasteiger partial charge on any atom is -0.361 e. The van der Waals surface area contributed by atoms with Crippen molar-refractivity contribution >= 4 is 11.8 Å². The Bertz CT molecular complexity index is 281. The van der Waals surface area contributed by atoms with Gasteiger partial charge in [0.15, 0.2) is 0 Å². The van der Waals surface area contributed by atoms with Crippen LogP contribution in [0.15, 0.2) is 18.3 Å². The minimum atomic E-state index is 0.603. The Morgan fingerprint density at radius 3 is 3.00 bits per heavy atom. The summed E-state index contributed by atoms with van der Waals surface area (Å²) in [6, 6.07) is 1.91. The molecular formula is C7H6N2. The summed E-state index contributed by atoms with van der Waals surface area (Å²) in [6.45, 7) is 0. The molecule has 0 unspecified atom stereocenters. The Morgan fingerprint density at radius 2 is 2.22 bits per heavy atom. The number of hydrogen-bond donors (Lipinski definition) is 2.